The summed E-state index contributed by atoms with van der Waals surface area (Å²) in [6, 6.07) is 0. The number of hydrogen-bond acceptors (Lipinski definition) is 4. The van der Waals surface area contributed by atoms with Crippen molar-refractivity contribution in [3.63, 3.8) is 0 Å². The molecular weight excluding hydrogens is 271 g/mol. The van der Waals surface area contributed by atoms with Crippen LogP contribution in [0.3, 0.4) is 0 Å². The molecule has 1 unspecified atom stereocenters. The van der Waals surface area contributed by atoms with Crippen molar-refractivity contribution < 1.29 is 18.3 Å². The Morgan fingerprint density at radius 2 is 2.24 bits per heavy atom. The summed E-state index contributed by atoms with van der Waals surface area (Å²) < 4.78 is 36.0. The topological polar surface area (TPSA) is 33.1 Å². The van der Waals surface area contributed by atoms with Crippen LogP contribution in [0, 0.1) is 0 Å². The number of alkyl halides is 3. The van der Waals surface area contributed by atoms with Gasteiger partial charge in [0.05, 0.1) is 10.7 Å². The first-order valence-electron chi connectivity index (χ1n) is 5.23. The molecule has 1 saturated carbocycles. The molecule has 2 nitrogen and oxygen atoms in total. The summed E-state index contributed by atoms with van der Waals surface area (Å²) in [7, 11) is 0. The van der Waals surface area contributed by atoms with Crippen LogP contribution in [-0.4, -0.2) is 28.1 Å². The monoisotopic (exact) mass is 283 g/mol. The van der Waals surface area contributed by atoms with Crippen molar-refractivity contribution >= 4 is 23.1 Å². The number of aliphatic hydroxyl groups is 1. The smallest absolute Gasteiger partial charge is 0.383 e. The number of nitrogens with zero attached hydrogens (tertiary/aromatic N) is 1. The molecule has 1 heterocycles. The predicted octanol–water partition coefficient (Wildman–Crippen LogP) is 3.18. The molecule has 0 spiro atoms. The first-order valence-corrected chi connectivity index (χ1v) is 7.27. The number of thiazole rings is 1. The van der Waals surface area contributed by atoms with Crippen molar-refractivity contribution in [2.45, 2.75) is 36.8 Å². The maximum Gasteiger partial charge on any atom is 0.415 e. The minimum Gasteiger partial charge on any atom is -0.383 e. The lowest BCUT2D eigenvalue weighted by Gasteiger charge is -2.13. The van der Waals surface area contributed by atoms with Gasteiger partial charge in [-0.15, -0.1) is 11.3 Å². The van der Waals surface area contributed by atoms with Crippen molar-refractivity contribution in [1.29, 1.82) is 0 Å². The number of rotatable bonds is 5. The van der Waals surface area contributed by atoms with Gasteiger partial charge in [0.25, 0.3) is 0 Å². The van der Waals surface area contributed by atoms with Gasteiger partial charge in [-0.2, -0.15) is 24.9 Å². The minimum atomic E-state index is -4.52. The molecule has 0 aromatic carbocycles. The van der Waals surface area contributed by atoms with E-state index in [-0.39, 0.29) is 5.75 Å². The van der Waals surface area contributed by atoms with Gasteiger partial charge in [-0.3, -0.25) is 0 Å². The SMILES string of the molecule is OC(CSCc1csc(C2CC2)n1)C(F)(F)F. The largest absolute Gasteiger partial charge is 0.415 e. The van der Waals surface area contributed by atoms with Gasteiger partial charge in [0.15, 0.2) is 6.10 Å². The van der Waals surface area contributed by atoms with E-state index >= 15 is 0 Å². The highest BCUT2D eigenvalue weighted by Crippen LogP contribution is 2.41. The molecule has 0 bridgehead atoms. The van der Waals surface area contributed by atoms with E-state index in [0.717, 1.165) is 22.5 Å². The Kier molecular flexibility index (Phi) is 3.99. The predicted molar refractivity (Wildman–Crippen MR) is 62.3 cm³/mol. The average Bonchev–Trinajstić information content (AvgIpc) is 2.98. The van der Waals surface area contributed by atoms with E-state index in [4.69, 9.17) is 5.11 Å². The number of thioether (sulfide) groups is 1. The molecule has 1 atom stereocenters. The van der Waals surface area contributed by atoms with Crippen molar-refractivity contribution in [1.82, 2.24) is 4.98 Å². The summed E-state index contributed by atoms with van der Waals surface area (Å²) in [5, 5.41) is 11.8. The maximum atomic E-state index is 12.0. The van der Waals surface area contributed by atoms with E-state index in [2.05, 4.69) is 4.98 Å². The Balaban J connectivity index is 1.74. The molecule has 96 valence electrons. The van der Waals surface area contributed by atoms with Crippen LogP contribution in [-0.2, 0) is 5.75 Å². The van der Waals surface area contributed by atoms with Gasteiger partial charge >= 0.3 is 6.18 Å². The third-order valence-electron chi connectivity index (χ3n) is 2.40. The highest BCUT2D eigenvalue weighted by molar-refractivity contribution is 7.98. The lowest BCUT2D eigenvalue weighted by Crippen LogP contribution is -2.30. The number of halogens is 3. The fraction of sp³-hybridized carbons (Fsp3) is 0.700. The highest BCUT2D eigenvalue weighted by Gasteiger charge is 2.37. The molecule has 2 rings (SSSR count). The van der Waals surface area contributed by atoms with E-state index < -0.39 is 12.3 Å². The van der Waals surface area contributed by atoms with Crippen molar-refractivity contribution in [2.24, 2.45) is 0 Å². The van der Waals surface area contributed by atoms with Crippen molar-refractivity contribution in [3.8, 4) is 0 Å². The molecule has 1 aromatic heterocycles. The quantitative estimate of drug-likeness (QED) is 0.901. The van der Waals surface area contributed by atoms with E-state index in [0.29, 0.717) is 11.7 Å². The molecule has 1 fully saturated rings. The summed E-state index contributed by atoms with van der Waals surface area (Å²) in [5.41, 5.74) is 0.816. The second kappa shape index (κ2) is 5.16. The van der Waals surface area contributed by atoms with Gasteiger partial charge in [0.1, 0.15) is 0 Å². The summed E-state index contributed by atoms with van der Waals surface area (Å²) in [6.45, 7) is 0. The van der Waals surface area contributed by atoms with E-state index in [1.807, 2.05) is 5.38 Å². The van der Waals surface area contributed by atoms with Crippen LogP contribution in [0.2, 0.25) is 0 Å². The molecule has 0 aliphatic heterocycles. The first-order chi connectivity index (χ1) is 7.97. The Morgan fingerprint density at radius 1 is 1.53 bits per heavy atom. The number of hydrogen-bond donors (Lipinski definition) is 1. The molecule has 17 heavy (non-hydrogen) atoms. The second-order valence-corrected chi connectivity index (χ2v) is 5.94. The Morgan fingerprint density at radius 3 is 2.82 bits per heavy atom. The normalized spacial score (nSPS) is 18.4. The van der Waals surface area contributed by atoms with Gasteiger partial charge < -0.3 is 5.11 Å². The molecule has 1 aliphatic carbocycles. The maximum absolute atomic E-state index is 12.0. The zero-order valence-corrected chi connectivity index (χ0v) is 10.5. The van der Waals surface area contributed by atoms with Crippen LogP contribution < -0.4 is 0 Å². The van der Waals surface area contributed by atoms with Gasteiger partial charge in [-0.1, -0.05) is 0 Å². The number of aromatic nitrogens is 1. The van der Waals surface area contributed by atoms with Gasteiger partial charge in [0.2, 0.25) is 0 Å². The van der Waals surface area contributed by atoms with Gasteiger partial charge in [-0.05, 0) is 12.8 Å². The van der Waals surface area contributed by atoms with Crippen LogP contribution in [0.1, 0.15) is 29.5 Å². The third-order valence-corrected chi connectivity index (χ3v) is 4.51. The number of aliphatic hydroxyl groups excluding tert-OH is 1. The Labute approximate surface area is 105 Å². The molecule has 0 amide bonds. The van der Waals surface area contributed by atoms with Crippen LogP contribution in [0.5, 0.6) is 0 Å². The van der Waals surface area contributed by atoms with Crippen molar-refractivity contribution in [2.75, 3.05) is 5.75 Å². The lowest BCUT2D eigenvalue weighted by atomic mass is 10.4. The van der Waals surface area contributed by atoms with Gasteiger partial charge in [-0.25, -0.2) is 4.98 Å². The van der Waals surface area contributed by atoms with E-state index in [9.17, 15) is 13.2 Å². The summed E-state index contributed by atoms with van der Waals surface area (Å²) in [4.78, 5) is 4.37. The van der Waals surface area contributed by atoms with E-state index in [1.165, 1.54) is 12.8 Å². The lowest BCUT2D eigenvalue weighted by molar-refractivity contribution is -0.195. The third kappa shape index (κ3) is 3.86. The molecule has 1 aromatic rings. The fourth-order valence-corrected chi connectivity index (χ4v) is 3.26. The fourth-order valence-electron chi connectivity index (χ4n) is 1.28. The zero-order valence-electron chi connectivity index (χ0n) is 8.91. The minimum absolute atomic E-state index is 0.334. The van der Waals surface area contributed by atoms with Gasteiger partial charge in [0, 0.05) is 22.8 Å². The Bertz CT molecular complexity index is 376. The standard InChI is InChI=1S/C10H12F3NOS2/c11-10(12,13)8(15)5-16-3-7-4-17-9(14-7)6-1-2-6/h4,6,8,15H,1-3,5H2. The summed E-state index contributed by atoms with van der Waals surface area (Å²) in [6.07, 6.45) is -4.41. The van der Waals surface area contributed by atoms with Crippen LogP contribution in [0.15, 0.2) is 5.38 Å². The van der Waals surface area contributed by atoms with Crippen LogP contribution in [0.4, 0.5) is 13.2 Å². The Hall–Kier alpha value is -0.270. The summed E-state index contributed by atoms with van der Waals surface area (Å²) >= 11 is 2.64. The molecular formula is C10H12F3NOS2. The van der Waals surface area contributed by atoms with Crippen LogP contribution in [0.25, 0.3) is 0 Å². The zero-order chi connectivity index (χ0) is 12.5. The summed E-state index contributed by atoms with van der Waals surface area (Å²) in [5.74, 6) is 0.676. The van der Waals surface area contributed by atoms with Crippen LogP contribution >= 0.6 is 23.1 Å². The molecule has 1 aliphatic rings. The first kappa shape index (κ1) is 13.2. The average molecular weight is 283 g/mol. The molecule has 7 heteroatoms. The molecule has 0 radical (unpaired) electrons. The second-order valence-electron chi connectivity index (χ2n) is 4.02. The van der Waals surface area contributed by atoms with E-state index in [1.54, 1.807) is 11.3 Å². The highest BCUT2D eigenvalue weighted by atomic mass is 32.2. The molecule has 1 N–H and O–H groups in total. The van der Waals surface area contributed by atoms with Crippen molar-refractivity contribution in [3.05, 3.63) is 16.1 Å². The molecule has 0 saturated heterocycles.